The molecule has 0 heterocycles. The number of carbonyl (C=O) groups excluding carboxylic acids is 1. The number of hydrogen-bond acceptors (Lipinski definition) is 4. The maximum Gasteiger partial charge on any atom is 0.341 e. The zero-order valence-corrected chi connectivity index (χ0v) is 8.08. The standard InChI is InChI=1S/C10H9FN2O2/c1-15-10(14)9-7(5-13)2-6(4-12)3-8(9)11/h2-3H,5,13H2,1H3. The van der Waals surface area contributed by atoms with E-state index in [0.717, 1.165) is 13.2 Å². The molecule has 0 saturated heterocycles. The van der Waals surface area contributed by atoms with Gasteiger partial charge in [-0.3, -0.25) is 0 Å². The Kier molecular flexibility index (Phi) is 3.37. The molecule has 0 amide bonds. The van der Waals surface area contributed by atoms with E-state index in [-0.39, 0.29) is 23.2 Å². The number of nitriles is 1. The van der Waals surface area contributed by atoms with Crippen molar-refractivity contribution < 1.29 is 13.9 Å². The summed E-state index contributed by atoms with van der Waals surface area (Å²) in [4.78, 5) is 11.2. The van der Waals surface area contributed by atoms with Gasteiger partial charge in [0, 0.05) is 6.54 Å². The van der Waals surface area contributed by atoms with Crippen molar-refractivity contribution in [2.24, 2.45) is 5.73 Å². The van der Waals surface area contributed by atoms with Gasteiger partial charge in [0.05, 0.1) is 24.3 Å². The molecular formula is C10H9FN2O2. The second-order valence-corrected chi connectivity index (χ2v) is 2.80. The fourth-order valence-electron chi connectivity index (χ4n) is 1.22. The van der Waals surface area contributed by atoms with Crippen LogP contribution in [0.2, 0.25) is 0 Å². The molecule has 0 fully saturated rings. The summed E-state index contributed by atoms with van der Waals surface area (Å²) < 4.78 is 17.8. The van der Waals surface area contributed by atoms with E-state index in [1.54, 1.807) is 6.07 Å². The van der Waals surface area contributed by atoms with Crippen LogP contribution in [0.4, 0.5) is 4.39 Å². The third-order valence-electron chi connectivity index (χ3n) is 1.91. The molecule has 0 aromatic heterocycles. The summed E-state index contributed by atoms with van der Waals surface area (Å²) in [7, 11) is 1.15. The van der Waals surface area contributed by atoms with Crippen LogP contribution in [0.3, 0.4) is 0 Å². The van der Waals surface area contributed by atoms with Gasteiger partial charge >= 0.3 is 5.97 Å². The van der Waals surface area contributed by atoms with Crippen molar-refractivity contribution >= 4 is 5.97 Å². The predicted octanol–water partition coefficient (Wildman–Crippen LogP) is 0.943. The summed E-state index contributed by atoms with van der Waals surface area (Å²) in [5.41, 5.74) is 5.53. The number of halogens is 1. The van der Waals surface area contributed by atoms with E-state index in [9.17, 15) is 9.18 Å². The Morgan fingerprint density at radius 2 is 2.33 bits per heavy atom. The molecule has 0 aliphatic heterocycles. The lowest BCUT2D eigenvalue weighted by atomic mass is 10.0. The van der Waals surface area contributed by atoms with E-state index in [1.165, 1.54) is 6.07 Å². The number of esters is 1. The Labute approximate surface area is 86.1 Å². The number of ether oxygens (including phenoxy) is 1. The fourth-order valence-corrected chi connectivity index (χ4v) is 1.22. The van der Waals surface area contributed by atoms with Gasteiger partial charge < -0.3 is 10.5 Å². The second-order valence-electron chi connectivity index (χ2n) is 2.80. The molecule has 78 valence electrons. The lowest BCUT2D eigenvalue weighted by Gasteiger charge is -2.07. The maximum atomic E-state index is 13.4. The summed E-state index contributed by atoms with van der Waals surface area (Å²) in [6.45, 7) is -0.0309. The Balaban J connectivity index is 3.39. The Hall–Kier alpha value is -1.93. The summed E-state index contributed by atoms with van der Waals surface area (Å²) in [5.74, 6) is -1.58. The highest BCUT2D eigenvalue weighted by molar-refractivity contribution is 5.91. The number of hydrogen-bond donors (Lipinski definition) is 1. The average Bonchev–Trinajstić information content (AvgIpc) is 2.26. The van der Waals surface area contributed by atoms with Crippen molar-refractivity contribution in [1.82, 2.24) is 0 Å². The Bertz CT molecular complexity index is 438. The molecule has 0 spiro atoms. The first-order chi connectivity index (χ1) is 7.13. The maximum absolute atomic E-state index is 13.4. The van der Waals surface area contributed by atoms with E-state index in [0.29, 0.717) is 0 Å². The monoisotopic (exact) mass is 208 g/mol. The zero-order valence-electron chi connectivity index (χ0n) is 8.08. The van der Waals surface area contributed by atoms with Crippen molar-refractivity contribution in [3.05, 3.63) is 34.6 Å². The largest absolute Gasteiger partial charge is 0.465 e. The van der Waals surface area contributed by atoms with Crippen LogP contribution in [0.25, 0.3) is 0 Å². The molecule has 1 aromatic rings. The van der Waals surface area contributed by atoms with Gasteiger partial charge in [0.2, 0.25) is 0 Å². The van der Waals surface area contributed by atoms with E-state index in [1.807, 2.05) is 0 Å². The Morgan fingerprint density at radius 3 is 2.80 bits per heavy atom. The first kappa shape index (κ1) is 11.1. The molecular weight excluding hydrogens is 199 g/mol. The van der Waals surface area contributed by atoms with Crippen LogP contribution in [0, 0.1) is 17.1 Å². The highest BCUT2D eigenvalue weighted by Gasteiger charge is 2.17. The van der Waals surface area contributed by atoms with E-state index in [2.05, 4.69) is 4.74 Å². The van der Waals surface area contributed by atoms with Crippen molar-refractivity contribution in [2.75, 3.05) is 7.11 Å². The van der Waals surface area contributed by atoms with Crippen LogP contribution in [-0.4, -0.2) is 13.1 Å². The third kappa shape index (κ3) is 2.11. The first-order valence-corrected chi connectivity index (χ1v) is 4.15. The smallest absolute Gasteiger partial charge is 0.341 e. The molecule has 0 radical (unpaired) electrons. The SMILES string of the molecule is COC(=O)c1c(F)cc(C#N)cc1CN. The van der Waals surface area contributed by atoms with Crippen LogP contribution in [0.1, 0.15) is 21.5 Å². The third-order valence-corrected chi connectivity index (χ3v) is 1.91. The number of carbonyl (C=O) groups is 1. The minimum absolute atomic E-state index is 0.0309. The van der Waals surface area contributed by atoms with E-state index in [4.69, 9.17) is 11.0 Å². The first-order valence-electron chi connectivity index (χ1n) is 4.15. The van der Waals surface area contributed by atoms with Crippen LogP contribution in [-0.2, 0) is 11.3 Å². The predicted molar refractivity (Wildman–Crippen MR) is 50.3 cm³/mol. The molecule has 1 rings (SSSR count). The van der Waals surface area contributed by atoms with Crippen molar-refractivity contribution in [2.45, 2.75) is 6.54 Å². The van der Waals surface area contributed by atoms with Gasteiger partial charge in [0.25, 0.3) is 0 Å². The van der Waals surface area contributed by atoms with E-state index >= 15 is 0 Å². The Morgan fingerprint density at radius 1 is 1.67 bits per heavy atom. The quantitative estimate of drug-likeness (QED) is 0.734. The van der Waals surface area contributed by atoms with Crippen LogP contribution in [0.15, 0.2) is 12.1 Å². The lowest BCUT2D eigenvalue weighted by Crippen LogP contribution is -2.12. The topological polar surface area (TPSA) is 76.1 Å². The van der Waals surface area contributed by atoms with Gasteiger partial charge in [-0.1, -0.05) is 0 Å². The van der Waals surface area contributed by atoms with Gasteiger partial charge in [-0.25, -0.2) is 9.18 Å². The molecule has 15 heavy (non-hydrogen) atoms. The van der Waals surface area contributed by atoms with Gasteiger partial charge in [0.1, 0.15) is 5.82 Å². The molecule has 0 unspecified atom stereocenters. The molecule has 0 bridgehead atoms. The average molecular weight is 208 g/mol. The summed E-state index contributed by atoms with van der Waals surface area (Å²) in [6, 6.07) is 4.13. The zero-order chi connectivity index (χ0) is 11.4. The highest BCUT2D eigenvalue weighted by atomic mass is 19.1. The van der Waals surface area contributed by atoms with Crippen LogP contribution < -0.4 is 5.73 Å². The number of methoxy groups -OCH3 is 1. The molecule has 0 saturated carbocycles. The number of benzene rings is 1. The van der Waals surface area contributed by atoms with Crippen molar-refractivity contribution in [3.63, 3.8) is 0 Å². The highest BCUT2D eigenvalue weighted by Crippen LogP contribution is 2.17. The number of nitrogens with zero attached hydrogens (tertiary/aromatic N) is 1. The molecule has 0 aliphatic carbocycles. The van der Waals surface area contributed by atoms with Crippen molar-refractivity contribution in [1.29, 1.82) is 5.26 Å². The normalized spacial score (nSPS) is 9.47. The van der Waals surface area contributed by atoms with Gasteiger partial charge in [-0.05, 0) is 17.7 Å². The summed E-state index contributed by atoms with van der Waals surface area (Å²) in [5, 5.41) is 8.60. The van der Waals surface area contributed by atoms with Gasteiger partial charge in [-0.2, -0.15) is 5.26 Å². The lowest BCUT2D eigenvalue weighted by molar-refractivity contribution is 0.0594. The molecule has 1 aromatic carbocycles. The van der Waals surface area contributed by atoms with E-state index < -0.39 is 11.8 Å². The minimum Gasteiger partial charge on any atom is -0.465 e. The second kappa shape index (κ2) is 4.53. The molecule has 0 atom stereocenters. The molecule has 2 N–H and O–H groups in total. The summed E-state index contributed by atoms with van der Waals surface area (Å²) in [6.07, 6.45) is 0. The number of rotatable bonds is 2. The van der Waals surface area contributed by atoms with Crippen LogP contribution >= 0.6 is 0 Å². The molecule has 4 nitrogen and oxygen atoms in total. The summed E-state index contributed by atoms with van der Waals surface area (Å²) >= 11 is 0. The van der Waals surface area contributed by atoms with Crippen molar-refractivity contribution in [3.8, 4) is 6.07 Å². The van der Waals surface area contributed by atoms with Gasteiger partial charge in [-0.15, -0.1) is 0 Å². The molecule has 5 heteroatoms. The minimum atomic E-state index is -0.794. The van der Waals surface area contributed by atoms with Gasteiger partial charge in [0.15, 0.2) is 0 Å². The molecule has 0 aliphatic rings. The fraction of sp³-hybridized carbons (Fsp3) is 0.200. The van der Waals surface area contributed by atoms with Crippen LogP contribution in [0.5, 0.6) is 0 Å². The number of nitrogens with two attached hydrogens (primary N) is 1.